The number of esters is 1. The SMILES string of the molecule is C[C@]12C[C@@H](O)[C@@H]3[C@H](CCC4=CC(=O)CC[C@]43C)[C@@H]1CC[C@@]2(O)C(=O)COC(=O)CCC(=O)NCCc1cnc[nH]1. The molecule has 4 N–H and O–H groups in total. The van der Waals surface area contributed by atoms with Crippen molar-refractivity contribution in [3.63, 3.8) is 0 Å². The van der Waals surface area contributed by atoms with Crippen molar-refractivity contribution in [2.24, 2.45) is 28.6 Å². The second kappa shape index (κ2) is 10.9. The minimum atomic E-state index is -1.70. The van der Waals surface area contributed by atoms with Crippen LogP contribution >= 0.6 is 0 Å². The van der Waals surface area contributed by atoms with Gasteiger partial charge in [0.05, 0.1) is 18.9 Å². The first-order valence-electron chi connectivity index (χ1n) is 14.5. The van der Waals surface area contributed by atoms with E-state index in [-0.39, 0.29) is 60.5 Å². The molecule has 0 saturated heterocycles. The Labute approximate surface area is 234 Å². The highest BCUT2D eigenvalue weighted by atomic mass is 16.5. The predicted molar refractivity (Wildman–Crippen MR) is 144 cm³/mol. The molecule has 0 spiro atoms. The topological polar surface area (TPSA) is 159 Å². The molecule has 4 aliphatic carbocycles. The van der Waals surface area contributed by atoms with Crippen molar-refractivity contribution in [1.29, 1.82) is 0 Å². The van der Waals surface area contributed by atoms with Crippen molar-refractivity contribution in [1.82, 2.24) is 15.3 Å². The van der Waals surface area contributed by atoms with Crippen molar-refractivity contribution in [3.8, 4) is 0 Å². The number of carbonyl (C=O) groups excluding carboxylic acids is 4. The summed E-state index contributed by atoms with van der Waals surface area (Å²) in [4.78, 5) is 56.7. The lowest BCUT2D eigenvalue weighted by atomic mass is 9.45. The molecule has 4 aliphatic rings. The minimum Gasteiger partial charge on any atom is -0.458 e. The fourth-order valence-corrected chi connectivity index (χ4v) is 8.55. The number of aromatic nitrogens is 2. The van der Waals surface area contributed by atoms with Gasteiger partial charge >= 0.3 is 5.97 Å². The second-order valence-electron chi connectivity index (χ2n) is 12.7. The van der Waals surface area contributed by atoms with Crippen molar-refractivity contribution in [2.45, 2.75) is 89.8 Å². The maximum Gasteiger partial charge on any atom is 0.306 e. The van der Waals surface area contributed by atoms with Crippen LogP contribution in [0.15, 0.2) is 24.2 Å². The van der Waals surface area contributed by atoms with Crippen LogP contribution in [0.5, 0.6) is 0 Å². The van der Waals surface area contributed by atoms with Crippen LogP contribution in [0.1, 0.15) is 77.3 Å². The van der Waals surface area contributed by atoms with E-state index in [9.17, 15) is 29.4 Å². The molecule has 1 amide bonds. The molecule has 5 rings (SSSR count). The number of carbonyl (C=O) groups is 4. The van der Waals surface area contributed by atoms with Gasteiger partial charge in [0.15, 0.2) is 12.4 Å². The molecule has 3 fully saturated rings. The lowest BCUT2D eigenvalue weighted by Gasteiger charge is -2.60. The maximum absolute atomic E-state index is 13.4. The Bertz CT molecular complexity index is 1200. The second-order valence-corrected chi connectivity index (χ2v) is 12.7. The third-order valence-corrected chi connectivity index (χ3v) is 10.7. The zero-order valence-corrected chi connectivity index (χ0v) is 23.4. The van der Waals surface area contributed by atoms with Crippen LogP contribution in [0.2, 0.25) is 0 Å². The third kappa shape index (κ3) is 4.93. The molecule has 1 aromatic rings. The average Bonchev–Trinajstić information content (AvgIpc) is 3.52. The number of H-pyrrole nitrogens is 1. The van der Waals surface area contributed by atoms with E-state index >= 15 is 0 Å². The van der Waals surface area contributed by atoms with E-state index in [1.54, 1.807) is 18.6 Å². The Kier molecular flexibility index (Phi) is 7.78. The van der Waals surface area contributed by atoms with Gasteiger partial charge in [-0.15, -0.1) is 0 Å². The van der Waals surface area contributed by atoms with Crippen LogP contribution < -0.4 is 5.32 Å². The summed E-state index contributed by atoms with van der Waals surface area (Å²) in [6.45, 7) is 3.91. The predicted octanol–water partition coefficient (Wildman–Crippen LogP) is 2.19. The number of amides is 1. The van der Waals surface area contributed by atoms with Crippen molar-refractivity contribution in [2.75, 3.05) is 13.2 Å². The Balaban J connectivity index is 1.16. The van der Waals surface area contributed by atoms with Gasteiger partial charge in [-0.3, -0.25) is 19.2 Å². The van der Waals surface area contributed by atoms with Gasteiger partial charge in [0.2, 0.25) is 11.7 Å². The highest BCUT2D eigenvalue weighted by Gasteiger charge is 2.68. The molecular formula is C30H41N3O7. The number of aliphatic hydroxyl groups excluding tert-OH is 1. The van der Waals surface area contributed by atoms with Gasteiger partial charge in [0.1, 0.15) is 5.60 Å². The van der Waals surface area contributed by atoms with Crippen LogP contribution in [0, 0.1) is 28.6 Å². The highest BCUT2D eigenvalue weighted by Crippen LogP contribution is 2.67. The first-order chi connectivity index (χ1) is 19.0. The molecule has 1 aromatic heterocycles. The molecule has 1 heterocycles. The number of nitrogens with one attached hydrogen (secondary N) is 2. The van der Waals surface area contributed by atoms with Gasteiger partial charge < -0.3 is 25.3 Å². The number of rotatable bonds is 9. The Morgan fingerprint density at radius 2 is 1.98 bits per heavy atom. The fourth-order valence-electron chi connectivity index (χ4n) is 8.55. The normalized spacial score (nSPS) is 36.6. The number of allylic oxidation sites excluding steroid dienone is 1. The van der Waals surface area contributed by atoms with Crippen molar-refractivity contribution in [3.05, 3.63) is 29.9 Å². The molecule has 7 atom stereocenters. The fraction of sp³-hybridized carbons (Fsp3) is 0.700. The molecule has 40 heavy (non-hydrogen) atoms. The van der Waals surface area contributed by atoms with Gasteiger partial charge in [-0.05, 0) is 67.8 Å². The van der Waals surface area contributed by atoms with E-state index in [0.29, 0.717) is 25.8 Å². The van der Waals surface area contributed by atoms with E-state index in [2.05, 4.69) is 22.2 Å². The van der Waals surface area contributed by atoms with Crippen LogP contribution in [0.25, 0.3) is 0 Å². The number of ketones is 2. The number of fused-ring (bicyclic) bond motifs is 5. The average molecular weight is 556 g/mol. The number of hydrogen-bond donors (Lipinski definition) is 4. The van der Waals surface area contributed by atoms with E-state index < -0.39 is 35.5 Å². The Morgan fingerprint density at radius 1 is 1.18 bits per heavy atom. The molecule has 0 bridgehead atoms. The van der Waals surface area contributed by atoms with E-state index in [1.807, 2.05) is 6.92 Å². The number of aliphatic hydroxyl groups is 2. The summed E-state index contributed by atoms with van der Waals surface area (Å²) < 4.78 is 5.21. The zero-order valence-electron chi connectivity index (χ0n) is 23.4. The van der Waals surface area contributed by atoms with E-state index in [0.717, 1.165) is 30.5 Å². The van der Waals surface area contributed by atoms with Gasteiger partial charge in [0, 0.05) is 43.1 Å². The summed E-state index contributed by atoms with van der Waals surface area (Å²) in [6, 6.07) is 0. The molecule has 218 valence electrons. The van der Waals surface area contributed by atoms with Crippen LogP contribution in [0.4, 0.5) is 0 Å². The summed E-state index contributed by atoms with van der Waals surface area (Å²) >= 11 is 0. The third-order valence-electron chi connectivity index (χ3n) is 10.7. The summed E-state index contributed by atoms with van der Waals surface area (Å²) in [6.07, 6.45) is 8.71. The minimum absolute atomic E-state index is 0.0143. The standard InChI is InChI=1S/C30H41N3O7/c1-28-10-7-20(34)13-18(28)3-4-21-22-8-11-30(39,29(22,2)14-23(35)27(21)28)24(36)16-40-26(38)6-5-25(37)32-12-9-19-15-31-17-33-19/h13,15,17,21-23,27,35,39H,3-12,14,16H2,1-2H3,(H,31,33)(H,32,37)/t21-,22+,23-,27+,28-,29+,30-/m1/s1. The number of hydrogen-bond acceptors (Lipinski definition) is 8. The van der Waals surface area contributed by atoms with Gasteiger partial charge in [0.25, 0.3) is 0 Å². The number of aromatic amines is 1. The highest BCUT2D eigenvalue weighted by molar-refractivity contribution is 5.92. The number of nitrogens with zero attached hydrogens (tertiary/aromatic N) is 1. The molecule has 0 aliphatic heterocycles. The van der Waals surface area contributed by atoms with Crippen LogP contribution in [-0.2, 0) is 30.3 Å². The summed E-state index contributed by atoms with van der Waals surface area (Å²) in [5.74, 6) is -1.18. The Hall–Kier alpha value is -2.85. The molecule has 0 radical (unpaired) electrons. The number of imidazole rings is 1. The van der Waals surface area contributed by atoms with Crippen molar-refractivity contribution >= 4 is 23.4 Å². The molecule has 0 aromatic carbocycles. The lowest BCUT2D eigenvalue weighted by Crippen LogP contribution is -2.62. The zero-order chi connectivity index (χ0) is 28.7. The first-order valence-corrected chi connectivity index (χ1v) is 14.5. The summed E-state index contributed by atoms with van der Waals surface area (Å²) in [5, 5.41) is 26.0. The lowest BCUT2D eigenvalue weighted by molar-refractivity contribution is -0.184. The monoisotopic (exact) mass is 555 g/mol. The smallest absolute Gasteiger partial charge is 0.306 e. The number of ether oxygens (including phenoxy) is 1. The quantitative estimate of drug-likeness (QED) is 0.338. The number of Topliss-reactive ketones (excluding diaryl/α,β-unsaturated/α-hetero) is 1. The van der Waals surface area contributed by atoms with E-state index in [4.69, 9.17) is 4.74 Å². The summed E-state index contributed by atoms with van der Waals surface area (Å²) in [7, 11) is 0. The van der Waals surface area contributed by atoms with Gasteiger partial charge in [-0.25, -0.2) is 4.98 Å². The first kappa shape index (κ1) is 28.7. The van der Waals surface area contributed by atoms with E-state index in [1.165, 1.54) is 0 Å². The Morgan fingerprint density at radius 3 is 2.73 bits per heavy atom. The van der Waals surface area contributed by atoms with Gasteiger partial charge in [-0.1, -0.05) is 19.4 Å². The van der Waals surface area contributed by atoms with Gasteiger partial charge in [-0.2, -0.15) is 0 Å². The molecule has 10 heteroatoms. The molecule has 10 nitrogen and oxygen atoms in total. The molecular weight excluding hydrogens is 514 g/mol. The maximum atomic E-state index is 13.4. The molecule has 3 saturated carbocycles. The van der Waals surface area contributed by atoms with Crippen molar-refractivity contribution < 1.29 is 34.1 Å². The van der Waals surface area contributed by atoms with Crippen LogP contribution in [0.3, 0.4) is 0 Å². The molecule has 0 unspecified atom stereocenters. The summed E-state index contributed by atoms with van der Waals surface area (Å²) in [5.41, 5.74) is -0.759. The van der Waals surface area contributed by atoms with Crippen LogP contribution in [-0.4, -0.2) is 68.5 Å². The largest absolute Gasteiger partial charge is 0.458 e.